The van der Waals surface area contributed by atoms with Gasteiger partial charge in [-0.15, -0.1) is 0 Å². The minimum Gasteiger partial charge on any atom is -0.492 e. The summed E-state index contributed by atoms with van der Waals surface area (Å²) in [6.07, 6.45) is 2.26. The van der Waals surface area contributed by atoms with Crippen LogP contribution in [0.3, 0.4) is 0 Å². The summed E-state index contributed by atoms with van der Waals surface area (Å²) >= 11 is 0. The molecule has 0 radical (unpaired) electrons. The second-order valence-electron chi connectivity index (χ2n) is 4.71. The lowest BCUT2D eigenvalue weighted by molar-refractivity contribution is 0.209. The first-order valence-corrected chi connectivity index (χ1v) is 8.50. The van der Waals surface area contributed by atoms with E-state index in [0.29, 0.717) is 12.4 Å². The molecule has 0 aliphatic rings. The fourth-order valence-electron chi connectivity index (χ4n) is 1.99. The Balaban J connectivity index is 2.45. The van der Waals surface area contributed by atoms with Crippen LogP contribution in [-0.2, 0) is 10.0 Å². The number of benzene rings is 1. The average Bonchev–Trinajstić information content (AvgIpc) is 2.39. The van der Waals surface area contributed by atoms with Gasteiger partial charge in [0.25, 0.3) is 0 Å². The normalized spacial score (nSPS) is 11.8. The second kappa shape index (κ2) is 8.24. The highest BCUT2D eigenvalue weighted by Crippen LogP contribution is 2.14. The predicted octanol–water partition coefficient (Wildman–Crippen LogP) is 1.83. The van der Waals surface area contributed by atoms with Crippen LogP contribution in [0, 0.1) is 0 Å². The van der Waals surface area contributed by atoms with E-state index < -0.39 is 10.0 Å². The van der Waals surface area contributed by atoms with Gasteiger partial charge in [0.05, 0.1) is 4.90 Å². The van der Waals surface area contributed by atoms with Gasteiger partial charge in [0.1, 0.15) is 12.4 Å². The summed E-state index contributed by atoms with van der Waals surface area (Å²) in [5.74, 6) is 0.658. The molecule has 0 saturated carbocycles. The summed E-state index contributed by atoms with van der Waals surface area (Å²) in [6, 6.07) is 6.18. The third-order valence-electron chi connectivity index (χ3n) is 2.91. The molecule has 0 saturated heterocycles. The molecule has 20 heavy (non-hydrogen) atoms. The highest BCUT2D eigenvalue weighted by Gasteiger charge is 2.07. The van der Waals surface area contributed by atoms with Gasteiger partial charge in [-0.2, -0.15) is 0 Å². The van der Waals surface area contributed by atoms with Crippen LogP contribution in [0.25, 0.3) is 0 Å². The summed E-state index contributed by atoms with van der Waals surface area (Å²) in [4.78, 5) is 2.46. The summed E-state index contributed by atoms with van der Waals surface area (Å²) in [6.45, 7) is 7.93. The van der Waals surface area contributed by atoms with Crippen LogP contribution in [0.15, 0.2) is 29.2 Å². The van der Waals surface area contributed by atoms with Gasteiger partial charge in [-0.05, 0) is 50.2 Å². The van der Waals surface area contributed by atoms with Crippen LogP contribution in [0.5, 0.6) is 5.75 Å². The Hall–Kier alpha value is -1.11. The van der Waals surface area contributed by atoms with E-state index in [1.165, 1.54) is 12.1 Å². The maximum absolute atomic E-state index is 11.1. The molecule has 1 aromatic rings. The number of ether oxygens (including phenoxy) is 1. The van der Waals surface area contributed by atoms with Crippen molar-refractivity contribution in [1.29, 1.82) is 0 Å². The molecule has 0 unspecified atom stereocenters. The van der Waals surface area contributed by atoms with Crippen molar-refractivity contribution in [3.05, 3.63) is 24.3 Å². The maximum atomic E-state index is 11.1. The third-order valence-corrected chi connectivity index (χ3v) is 3.84. The van der Waals surface area contributed by atoms with Crippen molar-refractivity contribution in [2.75, 3.05) is 26.2 Å². The molecule has 5 nitrogen and oxygen atoms in total. The molecule has 0 bridgehead atoms. The average molecular weight is 300 g/mol. The summed E-state index contributed by atoms with van der Waals surface area (Å²) < 4.78 is 27.9. The highest BCUT2D eigenvalue weighted by molar-refractivity contribution is 7.89. The highest BCUT2D eigenvalue weighted by atomic mass is 32.2. The molecule has 0 atom stereocenters. The summed E-state index contributed by atoms with van der Waals surface area (Å²) in [5.41, 5.74) is 0. The topological polar surface area (TPSA) is 72.6 Å². The van der Waals surface area contributed by atoms with E-state index >= 15 is 0 Å². The molecule has 0 spiro atoms. The van der Waals surface area contributed by atoms with Gasteiger partial charge in [0.2, 0.25) is 10.0 Å². The Kier molecular flexibility index (Phi) is 6.98. The fourth-order valence-corrected chi connectivity index (χ4v) is 2.50. The van der Waals surface area contributed by atoms with Crippen molar-refractivity contribution < 1.29 is 13.2 Å². The van der Waals surface area contributed by atoms with Crippen molar-refractivity contribution in [2.45, 2.75) is 31.6 Å². The first-order valence-electron chi connectivity index (χ1n) is 6.95. The third kappa shape index (κ3) is 5.90. The molecule has 0 aromatic heterocycles. The van der Waals surface area contributed by atoms with Crippen LogP contribution >= 0.6 is 0 Å². The SMILES string of the molecule is CCCN(CCC)CCOc1ccc(S(N)(=O)=O)cc1. The number of sulfonamides is 1. The van der Waals surface area contributed by atoms with E-state index in [0.717, 1.165) is 32.5 Å². The number of nitrogens with two attached hydrogens (primary N) is 1. The van der Waals surface area contributed by atoms with Gasteiger partial charge in [-0.3, -0.25) is 4.90 Å². The zero-order chi connectivity index (χ0) is 15.0. The number of rotatable bonds is 9. The first kappa shape index (κ1) is 16.9. The molecule has 0 aliphatic heterocycles. The minimum absolute atomic E-state index is 0.100. The van der Waals surface area contributed by atoms with Gasteiger partial charge in [0.15, 0.2) is 0 Å². The molecule has 1 aromatic carbocycles. The number of hydrogen-bond donors (Lipinski definition) is 1. The van der Waals surface area contributed by atoms with Gasteiger partial charge in [-0.1, -0.05) is 13.8 Å². The Morgan fingerprint density at radius 1 is 1.05 bits per heavy atom. The molecule has 0 aliphatic carbocycles. The fraction of sp³-hybridized carbons (Fsp3) is 0.571. The molecule has 6 heteroatoms. The van der Waals surface area contributed by atoms with Crippen molar-refractivity contribution in [1.82, 2.24) is 4.90 Å². The van der Waals surface area contributed by atoms with Gasteiger partial charge in [-0.25, -0.2) is 13.6 Å². The van der Waals surface area contributed by atoms with Gasteiger partial charge < -0.3 is 4.74 Å². The number of hydrogen-bond acceptors (Lipinski definition) is 4. The summed E-state index contributed by atoms with van der Waals surface area (Å²) in [5, 5.41) is 5.04. The standard InChI is InChI=1S/C14H24N2O3S/c1-3-9-16(10-4-2)11-12-19-13-5-7-14(8-6-13)20(15,17)18/h5-8H,3-4,9-12H2,1-2H3,(H2,15,17,18). The largest absolute Gasteiger partial charge is 0.492 e. The first-order chi connectivity index (χ1) is 9.47. The Labute approximate surface area is 121 Å². The van der Waals surface area contributed by atoms with Crippen LogP contribution in [0.1, 0.15) is 26.7 Å². The zero-order valence-electron chi connectivity index (χ0n) is 12.2. The van der Waals surface area contributed by atoms with E-state index in [4.69, 9.17) is 9.88 Å². The van der Waals surface area contributed by atoms with Gasteiger partial charge >= 0.3 is 0 Å². The van der Waals surface area contributed by atoms with Crippen molar-refractivity contribution in [3.63, 3.8) is 0 Å². The minimum atomic E-state index is -3.63. The number of primary sulfonamides is 1. The molecule has 0 fully saturated rings. The van der Waals surface area contributed by atoms with Crippen LogP contribution < -0.4 is 9.88 Å². The second-order valence-corrected chi connectivity index (χ2v) is 6.27. The molecule has 2 N–H and O–H groups in total. The van der Waals surface area contributed by atoms with E-state index in [1.807, 2.05) is 0 Å². The van der Waals surface area contributed by atoms with Crippen molar-refractivity contribution >= 4 is 10.0 Å². The van der Waals surface area contributed by atoms with E-state index in [-0.39, 0.29) is 4.90 Å². The molecular weight excluding hydrogens is 276 g/mol. The predicted molar refractivity (Wildman–Crippen MR) is 80.3 cm³/mol. The van der Waals surface area contributed by atoms with Crippen LogP contribution in [0.4, 0.5) is 0 Å². The van der Waals surface area contributed by atoms with Crippen molar-refractivity contribution in [2.24, 2.45) is 5.14 Å². The van der Waals surface area contributed by atoms with Crippen LogP contribution in [0.2, 0.25) is 0 Å². The molecule has 114 valence electrons. The monoisotopic (exact) mass is 300 g/mol. The molecular formula is C14H24N2O3S. The number of nitrogens with zero attached hydrogens (tertiary/aromatic N) is 1. The van der Waals surface area contributed by atoms with Crippen LogP contribution in [-0.4, -0.2) is 39.6 Å². The van der Waals surface area contributed by atoms with Crippen molar-refractivity contribution in [3.8, 4) is 5.75 Å². The molecule has 0 heterocycles. The Bertz CT molecular complexity index is 480. The summed E-state index contributed by atoms with van der Waals surface area (Å²) in [7, 11) is -3.63. The van der Waals surface area contributed by atoms with E-state index in [1.54, 1.807) is 12.1 Å². The lowest BCUT2D eigenvalue weighted by Crippen LogP contribution is -2.30. The Morgan fingerprint density at radius 3 is 2.05 bits per heavy atom. The lowest BCUT2D eigenvalue weighted by Gasteiger charge is -2.20. The van der Waals surface area contributed by atoms with E-state index in [9.17, 15) is 8.42 Å². The van der Waals surface area contributed by atoms with E-state index in [2.05, 4.69) is 18.7 Å². The zero-order valence-corrected chi connectivity index (χ0v) is 13.0. The quantitative estimate of drug-likeness (QED) is 0.755. The maximum Gasteiger partial charge on any atom is 0.238 e. The lowest BCUT2D eigenvalue weighted by atomic mass is 10.3. The molecule has 0 amide bonds. The smallest absolute Gasteiger partial charge is 0.238 e. The Morgan fingerprint density at radius 2 is 1.60 bits per heavy atom. The van der Waals surface area contributed by atoms with Gasteiger partial charge in [0, 0.05) is 6.54 Å². The molecule has 1 rings (SSSR count).